The van der Waals surface area contributed by atoms with E-state index < -0.39 is 0 Å². The minimum Gasteiger partial charge on any atom is -0.346 e. The molecule has 0 spiro atoms. The SMILES string of the molecule is O=C(Cn1cccn1)N[C@@H](Cc1ccsc1)c1ccccn1. The molecule has 3 aromatic rings. The third kappa shape index (κ3) is 3.79. The van der Waals surface area contributed by atoms with Crippen LogP contribution in [0.5, 0.6) is 0 Å². The Labute approximate surface area is 132 Å². The molecule has 3 aromatic heterocycles. The number of nitrogens with one attached hydrogen (secondary N) is 1. The number of carbonyl (C=O) groups excluding carboxylic acids is 1. The molecule has 0 aliphatic rings. The summed E-state index contributed by atoms with van der Waals surface area (Å²) in [6, 6.07) is 9.47. The van der Waals surface area contributed by atoms with Crippen molar-refractivity contribution in [3.05, 3.63) is 70.9 Å². The van der Waals surface area contributed by atoms with E-state index in [1.807, 2.05) is 23.6 Å². The Morgan fingerprint density at radius 1 is 1.27 bits per heavy atom. The summed E-state index contributed by atoms with van der Waals surface area (Å²) >= 11 is 1.65. The summed E-state index contributed by atoms with van der Waals surface area (Å²) < 4.78 is 1.61. The number of hydrogen-bond donors (Lipinski definition) is 1. The lowest BCUT2D eigenvalue weighted by Crippen LogP contribution is -2.33. The fourth-order valence-electron chi connectivity index (χ4n) is 2.24. The molecular formula is C16H16N4OS. The molecule has 3 heterocycles. The van der Waals surface area contributed by atoms with Crippen molar-refractivity contribution < 1.29 is 4.79 Å². The Morgan fingerprint density at radius 3 is 2.91 bits per heavy atom. The monoisotopic (exact) mass is 312 g/mol. The summed E-state index contributed by atoms with van der Waals surface area (Å²) in [5.74, 6) is -0.0745. The molecule has 0 saturated carbocycles. The number of carbonyl (C=O) groups is 1. The van der Waals surface area contributed by atoms with Gasteiger partial charge >= 0.3 is 0 Å². The first-order valence-electron chi connectivity index (χ1n) is 7.00. The van der Waals surface area contributed by atoms with Crippen LogP contribution >= 0.6 is 11.3 Å². The standard InChI is InChI=1S/C16H16N4OS/c21-16(11-20-8-3-7-18-20)19-15(10-13-5-9-22-12-13)14-4-1-2-6-17-14/h1-9,12,15H,10-11H2,(H,19,21)/t15-/m0/s1. The largest absolute Gasteiger partial charge is 0.346 e. The third-order valence-electron chi connectivity index (χ3n) is 3.26. The average molecular weight is 312 g/mol. The van der Waals surface area contributed by atoms with Crippen LogP contribution in [0.1, 0.15) is 17.3 Å². The molecule has 112 valence electrons. The van der Waals surface area contributed by atoms with E-state index in [4.69, 9.17) is 0 Å². The van der Waals surface area contributed by atoms with Gasteiger partial charge in [-0.1, -0.05) is 6.07 Å². The normalized spacial score (nSPS) is 12.0. The zero-order chi connectivity index (χ0) is 15.2. The van der Waals surface area contributed by atoms with Gasteiger partial charge in [0.05, 0.1) is 11.7 Å². The molecule has 22 heavy (non-hydrogen) atoms. The first kappa shape index (κ1) is 14.5. The van der Waals surface area contributed by atoms with Gasteiger partial charge in [-0.2, -0.15) is 16.4 Å². The van der Waals surface area contributed by atoms with Gasteiger partial charge in [0.2, 0.25) is 5.91 Å². The minimum atomic E-state index is -0.140. The number of aromatic nitrogens is 3. The van der Waals surface area contributed by atoms with E-state index in [-0.39, 0.29) is 18.5 Å². The van der Waals surface area contributed by atoms with Crippen LogP contribution in [-0.4, -0.2) is 20.7 Å². The molecule has 0 radical (unpaired) electrons. The maximum Gasteiger partial charge on any atom is 0.242 e. The number of amides is 1. The van der Waals surface area contributed by atoms with Gasteiger partial charge in [0.1, 0.15) is 6.54 Å². The third-order valence-corrected chi connectivity index (χ3v) is 4.00. The lowest BCUT2D eigenvalue weighted by molar-refractivity contribution is -0.122. The van der Waals surface area contributed by atoms with E-state index in [1.54, 1.807) is 40.7 Å². The second-order valence-electron chi connectivity index (χ2n) is 4.91. The highest BCUT2D eigenvalue weighted by molar-refractivity contribution is 7.07. The van der Waals surface area contributed by atoms with Gasteiger partial charge in [-0.15, -0.1) is 0 Å². The van der Waals surface area contributed by atoms with Crippen LogP contribution in [0.15, 0.2) is 59.7 Å². The van der Waals surface area contributed by atoms with Crippen LogP contribution < -0.4 is 5.32 Å². The fourth-order valence-corrected chi connectivity index (χ4v) is 2.92. The zero-order valence-electron chi connectivity index (χ0n) is 11.9. The highest BCUT2D eigenvalue weighted by Gasteiger charge is 2.17. The average Bonchev–Trinajstić information content (AvgIpc) is 3.21. The van der Waals surface area contributed by atoms with Gasteiger partial charge in [-0.25, -0.2) is 0 Å². The lowest BCUT2D eigenvalue weighted by atomic mass is 10.1. The van der Waals surface area contributed by atoms with Crippen molar-refractivity contribution in [3.8, 4) is 0 Å². The molecule has 0 aliphatic carbocycles. The van der Waals surface area contributed by atoms with Crippen molar-refractivity contribution in [1.29, 1.82) is 0 Å². The number of thiophene rings is 1. The van der Waals surface area contributed by atoms with Crippen molar-refractivity contribution in [2.24, 2.45) is 0 Å². The van der Waals surface area contributed by atoms with Gasteiger partial charge in [0.25, 0.3) is 0 Å². The van der Waals surface area contributed by atoms with Crippen molar-refractivity contribution >= 4 is 17.2 Å². The topological polar surface area (TPSA) is 59.8 Å². The number of nitrogens with zero attached hydrogens (tertiary/aromatic N) is 3. The van der Waals surface area contributed by atoms with Gasteiger partial charge < -0.3 is 5.32 Å². The van der Waals surface area contributed by atoms with Gasteiger partial charge in [0.15, 0.2) is 0 Å². The van der Waals surface area contributed by atoms with Crippen LogP contribution in [0.2, 0.25) is 0 Å². The predicted octanol–water partition coefficient (Wildman–Crippen LogP) is 2.44. The van der Waals surface area contributed by atoms with E-state index in [1.165, 1.54) is 5.56 Å². The van der Waals surface area contributed by atoms with Crippen molar-refractivity contribution in [1.82, 2.24) is 20.1 Å². The molecular weight excluding hydrogens is 296 g/mol. The maximum absolute atomic E-state index is 12.2. The van der Waals surface area contributed by atoms with Crippen LogP contribution in [0, 0.1) is 0 Å². The summed E-state index contributed by atoms with van der Waals surface area (Å²) in [6.07, 6.45) is 5.91. The van der Waals surface area contributed by atoms with E-state index in [9.17, 15) is 4.79 Å². The van der Waals surface area contributed by atoms with Crippen molar-refractivity contribution in [3.63, 3.8) is 0 Å². The summed E-state index contributed by atoms with van der Waals surface area (Å²) in [5, 5.41) is 11.2. The van der Waals surface area contributed by atoms with Crippen LogP contribution in [0.4, 0.5) is 0 Å². The van der Waals surface area contributed by atoms with Crippen LogP contribution in [0.3, 0.4) is 0 Å². The first-order chi connectivity index (χ1) is 10.8. The van der Waals surface area contributed by atoms with Gasteiger partial charge in [-0.3, -0.25) is 14.5 Å². The summed E-state index contributed by atoms with van der Waals surface area (Å²) in [7, 11) is 0. The molecule has 1 atom stereocenters. The Kier molecular flexibility index (Phi) is 4.60. The second-order valence-corrected chi connectivity index (χ2v) is 5.69. The molecule has 0 saturated heterocycles. The van der Waals surface area contributed by atoms with Crippen LogP contribution in [0.25, 0.3) is 0 Å². The summed E-state index contributed by atoms with van der Waals surface area (Å²) in [6.45, 7) is 0.208. The predicted molar refractivity (Wildman–Crippen MR) is 85.4 cm³/mol. The smallest absolute Gasteiger partial charge is 0.242 e. The summed E-state index contributed by atoms with van der Waals surface area (Å²) in [4.78, 5) is 16.6. The Balaban J connectivity index is 1.72. The van der Waals surface area contributed by atoms with E-state index in [2.05, 4.69) is 26.8 Å². The maximum atomic E-state index is 12.2. The molecule has 0 aliphatic heterocycles. The highest BCUT2D eigenvalue weighted by Crippen LogP contribution is 2.18. The molecule has 1 amide bonds. The van der Waals surface area contributed by atoms with Crippen molar-refractivity contribution in [2.75, 3.05) is 0 Å². The van der Waals surface area contributed by atoms with E-state index >= 15 is 0 Å². The number of hydrogen-bond acceptors (Lipinski definition) is 4. The molecule has 0 unspecified atom stereocenters. The van der Waals surface area contributed by atoms with Gasteiger partial charge in [0, 0.05) is 18.6 Å². The Morgan fingerprint density at radius 2 is 2.23 bits per heavy atom. The second kappa shape index (κ2) is 7.00. The fraction of sp³-hybridized carbons (Fsp3) is 0.188. The Hall–Kier alpha value is -2.47. The zero-order valence-corrected chi connectivity index (χ0v) is 12.7. The van der Waals surface area contributed by atoms with Crippen LogP contribution in [-0.2, 0) is 17.8 Å². The first-order valence-corrected chi connectivity index (χ1v) is 7.94. The van der Waals surface area contributed by atoms with Crippen molar-refractivity contribution in [2.45, 2.75) is 19.0 Å². The highest BCUT2D eigenvalue weighted by atomic mass is 32.1. The molecule has 6 heteroatoms. The Bertz CT molecular complexity index is 695. The minimum absolute atomic E-state index is 0.0745. The molecule has 0 bridgehead atoms. The molecule has 0 aromatic carbocycles. The molecule has 1 N–H and O–H groups in total. The lowest BCUT2D eigenvalue weighted by Gasteiger charge is -2.18. The molecule has 5 nitrogen and oxygen atoms in total. The number of pyridine rings is 1. The molecule has 0 fully saturated rings. The molecule has 3 rings (SSSR count). The van der Waals surface area contributed by atoms with E-state index in [0.717, 1.165) is 12.1 Å². The van der Waals surface area contributed by atoms with Gasteiger partial charge in [-0.05, 0) is 47.0 Å². The number of rotatable bonds is 6. The quantitative estimate of drug-likeness (QED) is 0.760. The summed E-state index contributed by atoms with van der Waals surface area (Å²) in [5.41, 5.74) is 2.06. The van der Waals surface area contributed by atoms with E-state index in [0.29, 0.717) is 0 Å².